The fraction of sp³-hybridized carbons (Fsp3) is 0.208. The van der Waals surface area contributed by atoms with Gasteiger partial charge in [-0.15, -0.1) is 0 Å². The summed E-state index contributed by atoms with van der Waals surface area (Å²) in [5.41, 5.74) is 1.31. The van der Waals surface area contributed by atoms with Crippen LogP contribution < -0.4 is 5.63 Å². The lowest BCUT2D eigenvalue weighted by molar-refractivity contribution is -0.141. The third kappa shape index (κ3) is 5.43. The van der Waals surface area contributed by atoms with Gasteiger partial charge in [-0.2, -0.15) is 0 Å². The summed E-state index contributed by atoms with van der Waals surface area (Å²) < 4.78 is 12.5. The summed E-state index contributed by atoms with van der Waals surface area (Å²) in [7, 11) is 0. The molecule has 4 aromatic rings. The topological polar surface area (TPSA) is 74.3 Å². The Kier molecular flexibility index (Phi) is 7.12. The molecule has 0 radical (unpaired) electrons. The fourth-order valence-corrected chi connectivity index (χ4v) is 4.39. The van der Waals surface area contributed by atoms with Gasteiger partial charge >= 0.3 is 11.6 Å². The summed E-state index contributed by atoms with van der Waals surface area (Å²) in [6.07, 6.45) is 1.69. The smallest absolute Gasteiger partial charge is 0.345 e. The molecule has 0 fully saturated rings. The zero-order valence-corrected chi connectivity index (χ0v) is 20.2. The van der Waals surface area contributed by atoms with Gasteiger partial charge in [0.05, 0.1) is 34.3 Å². The van der Waals surface area contributed by atoms with E-state index in [2.05, 4.69) is 4.98 Å². The van der Waals surface area contributed by atoms with Crippen LogP contribution in [0.25, 0.3) is 27.9 Å². The largest absolute Gasteiger partial charge is 0.465 e. The van der Waals surface area contributed by atoms with Gasteiger partial charge in [0.2, 0.25) is 0 Å². The molecular weight excluding hydrogens is 483 g/mol. The third-order valence-electron chi connectivity index (χ3n) is 4.66. The number of halogens is 2. The molecule has 0 atom stereocenters. The molecule has 0 amide bonds. The second-order valence-corrected chi connectivity index (χ2v) is 9.51. The molecule has 9 heteroatoms. The van der Waals surface area contributed by atoms with Gasteiger partial charge in [0, 0.05) is 16.6 Å². The van der Waals surface area contributed by atoms with E-state index in [4.69, 9.17) is 32.4 Å². The standard InChI is InChI=1S/C24H20Cl2N2O4S/c1-14(2)12-31-22(29)13-33-24-27-19(11-28(24)20-8-7-16(25)10-18(20)26)17-9-15-5-3-4-6-21(15)32-23(17)30/h3-11,14H,12-13H2,1-2H3. The van der Waals surface area contributed by atoms with E-state index in [9.17, 15) is 9.59 Å². The van der Waals surface area contributed by atoms with Crippen molar-refractivity contribution in [1.29, 1.82) is 0 Å². The number of nitrogens with zero attached hydrogens (tertiary/aromatic N) is 2. The maximum Gasteiger partial charge on any atom is 0.345 e. The van der Waals surface area contributed by atoms with Crippen LogP contribution >= 0.6 is 35.0 Å². The van der Waals surface area contributed by atoms with Crippen molar-refractivity contribution < 1.29 is 13.9 Å². The molecule has 4 rings (SSSR count). The molecule has 0 spiro atoms. The van der Waals surface area contributed by atoms with Crippen LogP contribution in [0.4, 0.5) is 0 Å². The lowest BCUT2D eigenvalue weighted by Crippen LogP contribution is -2.12. The van der Waals surface area contributed by atoms with Crippen LogP contribution in [0.15, 0.2) is 69.1 Å². The number of fused-ring (bicyclic) bond motifs is 1. The highest BCUT2D eigenvalue weighted by molar-refractivity contribution is 7.99. The van der Waals surface area contributed by atoms with Crippen molar-refractivity contribution in [3.63, 3.8) is 0 Å². The van der Waals surface area contributed by atoms with Crippen LogP contribution in [0.3, 0.4) is 0 Å². The predicted octanol–water partition coefficient (Wildman–Crippen LogP) is 6.24. The molecule has 0 bridgehead atoms. The van der Waals surface area contributed by atoms with E-state index in [-0.39, 0.29) is 17.6 Å². The second kappa shape index (κ2) is 10.0. The maximum absolute atomic E-state index is 12.7. The van der Waals surface area contributed by atoms with Gasteiger partial charge < -0.3 is 9.15 Å². The van der Waals surface area contributed by atoms with Gasteiger partial charge in [0.1, 0.15) is 5.58 Å². The Morgan fingerprint density at radius 3 is 2.73 bits per heavy atom. The van der Waals surface area contributed by atoms with Crippen LogP contribution in [-0.2, 0) is 9.53 Å². The highest BCUT2D eigenvalue weighted by Gasteiger charge is 2.19. The number of carbonyl (C=O) groups is 1. The van der Waals surface area contributed by atoms with Crippen LogP contribution in [0.1, 0.15) is 13.8 Å². The number of thioether (sulfide) groups is 1. The molecule has 2 heterocycles. The van der Waals surface area contributed by atoms with E-state index in [1.807, 2.05) is 26.0 Å². The molecule has 0 unspecified atom stereocenters. The SMILES string of the molecule is CC(C)COC(=O)CSc1nc(-c2cc3ccccc3oc2=O)cn1-c1ccc(Cl)cc1Cl. The molecule has 0 aliphatic rings. The molecule has 6 nitrogen and oxygen atoms in total. The molecule has 170 valence electrons. The van der Waals surface area contributed by atoms with Crippen molar-refractivity contribution >= 4 is 51.9 Å². The fourth-order valence-electron chi connectivity index (χ4n) is 3.11. The molecule has 0 aliphatic heterocycles. The van der Waals surface area contributed by atoms with Gasteiger partial charge in [-0.1, -0.05) is 67.0 Å². The minimum absolute atomic E-state index is 0.0563. The highest BCUT2D eigenvalue weighted by atomic mass is 35.5. The summed E-state index contributed by atoms with van der Waals surface area (Å²) in [4.78, 5) is 29.5. The van der Waals surface area contributed by atoms with Crippen molar-refractivity contribution in [2.45, 2.75) is 19.0 Å². The van der Waals surface area contributed by atoms with Gasteiger partial charge in [0.15, 0.2) is 5.16 Å². The molecule has 0 N–H and O–H groups in total. The normalized spacial score (nSPS) is 11.3. The Morgan fingerprint density at radius 1 is 1.18 bits per heavy atom. The Balaban J connectivity index is 1.74. The number of hydrogen-bond acceptors (Lipinski definition) is 6. The summed E-state index contributed by atoms with van der Waals surface area (Å²) in [5, 5.41) is 2.15. The van der Waals surface area contributed by atoms with E-state index in [1.54, 1.807) is 47.2 Å². The molecule has 2 aromatic carbocycles. The van der Waals surface area contributed by atoms with E-state index < -0.39 is 5.63 Å². The van der Waals surface area contributed by atoms with Gasteiger partial charge in [-0.3, -0.25) is 9.36 Å². The number of ether oxygens (including phenoxy) is 1. The first kappa shape index (κ1) is 23.4. The molecule has 0 aliphatic carbocycles. The first-order valence-corrected chi connectivity index (χ1v) is 11.9. The maximum atomic E-state index is 12.7. The second-order valence-electron chi connectivity index (χ2n) is 7.73. The molecule has 0 saturated carbocycles. The summed E-state index contributed by atoms with van der Waals surface area (Å²) in [6.45, 7) is 4.29. The van der Waals surface area contributed by atoms with Gasteiger partial charge in [-0.25, -0.2) is 9.78 Å². The van der Waals surface area contributed by atoms with Crippen molar-refractivity contribution in [2.24, 2.45) is 5.92 Å². The van der Waals surface area contributed by atoms with Crippen LogP contribution in [0.5, 0.6) is 0 Å². The zero-order chi connectivity index (χ0) is 23.5. The number of esters is 1. The minimum Gasteiger partial charge on any atom is -0.465 e. The minimum atomic E-state index is -0.506. The van der Waals surface area contributed by atoms with Crippen molar-refractivity contribution in [1.82, 2.24) is 9.55 Å². The summed E-state index contributed by atoms with van der Waals surface area (Å²) in [6, 6.07) is 14.1. The summed E-state index contributed by atoms with van der Waals surface area (Å²) in [5.74, 6) is -0.0504. The van der Waals surface area contributed by atoms with Crippen LogP contribution in [-0.4, -0.2) is 27.9 Å². The molecule has 2 aromatic heterocycles. The molecule has 33 heavy (non-hydrogen) atoms. The molecular formula is C24H20Cl2N2O4S. The Hall–Kier alpha value is -2.74. The third-order valence-corrected chi connectivity index (χ3v) is 6.12. The number of carbonyl (C=O) groups excluding carboxylic acids is 1. The zero-order valence-electron chi connectivity index (χ0n) is 17.9. The average Bonchev–Trinajstić information content (AvgIpc) is 3.19. The van der Waals surface area contributed by atoms with E-state index in [0.29, 0.717) is 44.3 Å². The van der Waals surface area contributed by atoms with Gasteiger partial charge in [0.25, 0.3) is 0 Å². The number of benzene rings is 2. The van der Waals surface area contributed by atoms with Crippen molar-refractivity contribution in [2.75, 3.05) is 12.4 Å². The van der Waals surface area contributed by atoms with Crippen molar-refractivity contribution in [3.8, 4) is 16.9 Å². The number of rotatable bonds is 7. The van der Waals surface area contributed by atoms with Gasteiger partial charge in [-0.05, 0) is 36.2 Å². The lowest BCUT2D eigenvalue weighted by Gasteiger charge is -2.10. The van der Waals surface area contributed by atoms with Crippen molar-refractivity contribution in [3.05, 3.63) is 75.2 Å². The van der Waals surface area contributed by atoms with E-state index >= 15 is 0 Å². The number of imidazole rings is 1. The average molecular weight is 503 g/mol. The van der Waals surface area contributed by atoms with Crippen LogP contribution in [0, 0.1) is 5.92 Å². The monoisotopic (exact) mass is 502 g/mol. The first-order chi connectivity index (χ1) is 15.8. The Morgan fingerprint density at radius 2 is 1.97 bits per heavy atom. The lowest BCUT2D eigenvalue weighted by atomic mass is 10.1. The number of hydrogen-bond donors (Lipinski definition) is 0. The Labute approximate surface area is 204 Å². The Bertz CT molecular complexity index is 1380. The molecule has 0 saturated heterocycles. The number of aromatic nitrogens is 2. The van der Waals surface area contributed by atoms with E-state index in [1.165, 1.54) is 11.8 Å². The summed E-state index contributed by atoms with van der Waals surface area (Å²) >= 11 is 13.7. The predicted molar refractivity (Wildman–Crippen MR) is 132 cm³/mol. The quantitative estimate of drug-likeness (QED) is 0.169. The van der Waals surface area contributed by atoms with Crippen LogP contribution in [0.2, 0.25) is 10.0 Å². The van der Waals surface area contributed by atoms with E-state index in [0.717, 1.165) is 5.39 Å². The highest BCUT2D eigenvalue weighted by Crippen LogP contribution is 2.31. The first-order valence-electron chi connectivity index (χ1n) is 10.2. The number of para-hydroxylation sites is 1.